The molecule has 1 unspecified atom stereocenters. The molecule has 100 valence electrons. The maximum Gasteiger partial charge on any atom is 0.246 e. The Hall–Kier alpha value is -1.10. The molecule has 1 atom stereocenters. The molecule has 0 fully saturated rings. The first-order valence-electron chi connectivity index (χ1n) is 6.12. The third-order valence-electron chi connectivity index (χ3n) is 2.04. The summed E-state index contributed by atoms with van der Waals surface area (Å²) in [5.41, 5.74) is 0. The number of carbonyl (C=O) groups excluding carboxylic acids is 2. The standard InChI is InChI=1S/C12H24N2O3/c1-5-6-17-8-11(15)14-10(4)12(16)13-7-9(2)3/h9-10H,5-8H2,1-4H3,(H,13,16)(H,14,15). The van der Waals surface area contributed by atoms with Crippen LogP contribution in [-0.2, 0) is 14.3 Å². The van der Waals surface area contributed by atoms with E-state index in [2.05, 4.69) is 10.6 Å². The van der Waals surface area contributed by atoms with Crippen LogP contribution in [0.4, 0.5) is 0 Å². The van der Waals surface area contributed by atoms with Crippen LogP contribution in [0.5, 0.6) is 0 Å². The number of nitrogens with one attached hydrogen (secondary N) is 2. The molecule has 5 heteroatoms. The van der Waals surface area contributed by atoms with Gasteiger partial charge in [0.25, 0.3) is 0 Å². The zero-order valence-electron chi connectivity index (χ0n) is 11.2. The zero-order chi connectivity index (χ0) is 13.3. The summed E-state index contributed by atoms with van der Waals surface area (Å²) in [6.45, 7) is 8.85. The van der Waals surface area contributed by atoms with E-state index in [1.54, 1.807) is 6.92 Å². The Morgan fingerprint density at radius 3 is 2.41 bits per heavy atom. The predicted octanol–water partition coefficient (Wildman–Crippen LogP) is 0.690. The Balaban J connectivity index is 3.78. The van der Waals surface area contributed by atoms with Gasteiger partial charge in [-0.2, -0.15) is 0 Å². The molecule has 0 rings (SSSR count). The lowest BCUT2D eigenvalue weighted by Crippen LogP contribution is -2.46. The van der Waals surface area contributed by atoms with Gasteiger partial charge in [0.15, 0.2) is 0 Å². The predicted molar refractivity (Wildman–Crippen MR) is 66.6 cm³/mol. The molecule has 2 amide bonds. The van der Waals surface area contributed by atoms with E-state index < -0.39 is 6.04 Å². The normalized spacial score (nSPS) is 12.3. The van der Waals surface area contributed by atoms with Crippen molar-refractivity contribution >= 4 is 11.8 Å². The minimum atomic E-state index is -0.522. The van der Waals surface area contributed by atoms with Gasteiger partial charge in [-0.25, -0.2) is 0 Å². The SMILES string of the molecule is CCCOCC(=O)NC(C)C(=O)NCC(C)C. The van der Waals surface area contributed by atoms with Crippen molar-refractivity contribution in [3.63, 3.8) is 0 Å². The maximum atomic E-state index is 11.5. The first kappa shape index (κ1) is 15.9. The number of carbonyl (C=O) groups is 2. The summed E-state index contributed by atoms with van der Waals surface area (Å²) in [6, 6.07) is -0.522. The van der Waals surface area contributed by atoms with Gasteiger partial charge in [-0.3, -0.25) is 9.59 Å². The summed E-state index contributed by atoms with van der Waals surface area (Å²) in [5, 5.41) is 5.35. The van der Waals surface area contributed by atoms with Crippen LogP contribution in [0.3, 0.4) is 0 Å². The molecule has 0 saturated carbocycles. The minimum absolute atomic E-state index is 0.00956. The highest BCUT2D eigenvalue weighted by atomic mass is 16.5. The van der Waals surface area contributed by atoms with Gasteiger partial charge in [-0.15, -0.1) is 0 Å². The summed E-state index contributed by atoms with van der Waals surface area (Å²) in [5.74, 6) is -0.0251. The molecule has 0 spiro atoms. The fourth-order valence-corrected chi connectivity index (χ4v) is 1.12. The van der Waals surface area contributed by atoms with Crippen LogP contribution in [-0.4, -0.2) is 37.6 Å². The van der Waals surface area contributed by atoms with Crippen LogP contribution in [0.1, 0.15) is 34.1 Å². The van der Waals surface area contributed by atoms with Gasteiger partial charge < -0.3 is 15.4 Å². The Labute approximate surface area is 103 Å². The number of rotatable bonds is 8. The van der Waals surface area contributed by atoms with E-state index in [0.717, 1.165) is 6.42 Å². The number of amides is 2. The van der Waals surface area contributed by atoms with Crippen LogP contribution in [0.15, 0.2) is 0 Å². The van der Waals surface area contributed by atoms with Crippen LogP contribution in [0, 0.1) is 5.92 Å². The van der Waals surface area contributed by atoms with Crippen molar-refractivity contribution in [1.82, 2.24) is 10.6 Å². The molecule has 0 aromatic heterocycles. The number of hydrogen-bond acceptors (Lipinski definition) is 3. The smallest absolute Gasteiger partial charge is 0.246 e. The van der Waals surface area contributed by atoms with Gasteiger partial charge in [0, 0.05) is 13.2 Å². The highest BCUT2D eigenvalue weighted by molar-refractivity contribution is 5.87. The monoisotopic (exact) mass is 244 g/mol. The molecule has 0 aromatic carbocycles. The zero-order valence-corrected chi connectivity index (χ0v) is 11.2. The fraction of sp³-hybridized carbons (Fsp3) is 0.833. The van der Waals surface area contributed by atoms with Gasteiger partial charge in [-0.05, 0) is 19.3 Å². The summed E-state index contributed by atoms with van der Waals surface area (Å²) >= 11 is 0. The first-order valence-corrected chi connectivity index (χ1v) is 6.12. The molecule has 17 heavy (non-hydrogen) atoms. The molecular formula is C12H24N2O3. The Kier molecular flexibility index (Phi) is 8.40. The molecule has 0 aliphatic heterocycles. The molecule has 0 bridgehead atoms. The summed E-state index contributed by atoms with van der Waals surface area (Å²) in [4.78, 5) is 22.9. The Morgan fingerprint density at radius 1 is 1.24 bits per heavy atom. The van der Waals surface area contributed by atoms with E-state index in [9.17, 15) is 9.59 Å². The number of hydrogen-bond donors (Lipinski definition) is 2. The van der Waals surface area contributed by atoms with Crippen molar-refractivity contribution in [3.05, 3.63) is 0 Å². The van der Waals surface area contributed by atoms with Gasteiger partial charge in [0.2, 0.25) is 11.8 Å². The van der Waals surface area contributed by atoms with Crippen molar-refractivity contribution in [1.29, 1.82) is 0 Å². The largest absolute Gasteiger partial charge is 0.372 e. The highest BCUT2D eigenvalue weighted by Crippen LogP contribution is 1.89. The van der Waals surface area contributed by atoms with E-state index >= 15 is 0 Å². The average molecular weight is 244 g/mol. The third kappa shape index (κ3) is 8.68. The second-order valence-corrected chi connectivity index (χ2v) is 4.48. The molecule has 0 aliphatic rings. The third-order valence-corrected chi connectivity index (χ3v) is 2.04. The lowest BCUT2D eigenvalue weighted by molar-refractivity contribution is -0.131. The lowest BCUT2D eigenvalue weighted by atomic mass is 10.2. The van der Waals surface area contributed by atoms with Crippen molar-refractivity contribution in [2.24, 2.45) is 5.92 Å². The highest BCUT2D eigenvalue weighted by Gasteiger charge is 2.15. The van der Waals surface area contributed by atoms with E-state index in [1.165, 1.54) is 0 Å². The second-order valence-electron chi connectivity index (χ2n) is 4.48. The lowest BCUT2D eigenvalue weighted by Gasteiger charge is -2.15. The molecule has 0 radical (unpaired) electrons. The van der Waals surface area contributed by atoms with Crippen LogP contribution in [0.25, 0.3) is 0 Å². The topological polar surface area (TPSA) is 67.4 Å². The molecule has 0 heterocycles. The quantitative estimate of drug-likeness (QED) is 0.617. The molecule has 5 nitrogen and oxygen atoms in total. The van der Waals surface area contributed by atoms with E-state index in [1.807, 2.05) is 20.8 Å². The second kappa shape index (κ2) is 8.98. The van der Waals surface area contributed by atoms with E-state index in [0.29, 0.717) is 19.1 Å². The Bertz CT molecular complexity index is 242. The molecule has 0 aromatic rings. The first-order chi connectivity index (χ1) is 7.97. The van der Waals surface area contributed by atoms with Gasteiger partial charge >= 0.3 is 0 Å². The molecule has 2 N–H and O–H groups in total. The summed E-state index contributed by atoms with van der Waals surface area (Å²) in [7, 11) is 0. The minimum Gasteiger partial charge on any atom is -0.372 e. The van der Waals surface area contributed by atoms with Crippen LogP contribution >= 0.6 is 0 Å². The maximum absolute atomic E-state index is 11.5. The van der Waals surface area contributed by atoms with E-state index in [4.69, 9.17) is 4.74 Å². The number of ether oxygens (including phenoxy) is 1. The van der Waals surface area contributed by atoms with Gasteiger partial charge in [-0.1, -0.05) is 20.8 Å². The van der Waals surface area contributed by atoms with Crippen molar-refractivity contribution < 1.29 is 14.3 Å². The Morgan fingerprint density at radius 2 is 1.88 bits per heavy atom. The van der Waals surface area contributed by atoms with Crippen molar-refractivity contribution in [2.45, 2.75) is 40.2 Å². The molecule has 0 saturated heterocycles. The summed E-state index contributed by atoms with van der Waals surface area (Å²) < 4.78 is 5.08. The average Bonchev–Trinajstić information content (AvgIpc) is 2.26. The molecule has 0 aliphatic carbocycles. The summed E-state index contributed by atoms with van der Waals surface area (Å²) in [6.07, 6.45) is 0.873. The molecular weight excluding hydrogens is 220 g/mol. The fourth-order valence-electron chi connectivity index (χ4n) is 1.12. The van der Waals surface area contributed by atoms with Crippen molar-refractivity contribution in [2.75, 3.05) is 19.8 Å². The van der Waals surface area contributed by atoms with Crippen LogP contribution in [0.2, 0.25) is 0 Å². The van der Waals surface area contributed by atoms with Crippen LogP contribution < -0.4 is 10.6 Å². The van der Waals surface area contributed by atoms with Crippen molar-refractivity contribution in [3.8, 4) is 0 Å². The van der Waals surface area contributed by atoms with Gasteiger partial charge in [0.1, 0.15) is 12.6 Å². The van der Waals surface area contributed by atoms with Gasteiger partial charge in [0.05, 0.1) is 0 Å². The van der Waals surface area contributed by atoms with E-state index in [-0.39, 0.29) is 18.4 Å².